The van der Waals surface area contributed by atoms with E-state index in [1.54, 1.807) is 11.0 Å². The molecule has 0 fully saturated rings. The summed E-state index contributed by atoms with van der Waals surface area (Å²) in [6, 6.07) is 13.5. The van der Waals surface area contributed by atoms with Gasteiger partial charge in [0.1, 0.15) is 6.07 Å². The Balaban J connectivity index is 2.52. The average molecular weight is 258 g/mol. The van der Waals surface area contributed by atoms with E-state index in [-0.39, 0.29) is 11.3 Å². The van der Waals surface area contributed by atoms with E-state index in [0.717, 1.165) is 5.69 Å². The maximum absolute atomic E-state index is 14.0. The van der Waals surface area contributed by atoms with Crippen LogP contribution in [0.5, 0.6) is 0 Å². The summed E-state index contributed by atoms with van der Waals surface area (Å²) >= 11 is 0. The average Bonchev–Trinajstić information content (AvgIpc) is 2.45. The fourth-order valence-electron chi connectivity index (χ4n) is 1.93. The number of halogens is 2. The van der Waals surface area contributed by atoms with Crippen molar-refractivity contribution in [3.63, 3.8) is 0 Å². The van der Waals surface area contributed by atoms with Crippen LogP contribution in [-0.2, 0) is 0 Å². The van der Waals surface area contributed by atoms with E-state index < -0.39 is 11.6 Å². The van der Waals surface area contributed by atoms with Crippen LogP contribution in [0, 0.1) is 23.0 Å². The van der Waals surface area contributed by atoms with Crippen molar-refractivity contribution < 1.29 is 8.78 Å². The van der Waals surface area contributed by atoms with Crippen LogP contribution < -0.4 is 4.90 Å². The minimum Gasteiger partial charge on any atom is -0.339 e. The van der Waals surface area contributed by atoms with Crippen molar-refractivity contribution in [1.82, 2.24) is 0 Å². The molecule has 0 unspecified atom stereocenters. The summed E-state index contributed by atoms with van der Waals surface area (Å²) < 4.78 is 27.7. The van der Waals surface area contributed by atoms with Crippen LogP contribution >= 0.6 is 0 Å². The van der Waals surface area contributed by atoms with E-state index in [1.165, 1.54) is 12.1 Å². The standard InChI is InChI=1S/C15H12F2N2/c1-2-19(12-6-4-3-5-7-12)13-9-8-11(10-18)14(16)15(13)17/h3-9H,2H2,1H3. The molecule has 0 aliphatic carbocycles. The summed E-state index contributed by atoms with van der Waals surface area (Å²) in [5.74, 6) is -2.10. The molecule has 0 saturated carbocycles. The van der Waals surface area contributed by atoms with E-state index in [2.05, 4.69) is 0 Å². The van der Waals surface area contributed by atoms with Gasteiger partial charge in [-0.2, -0.15) is 5.26 Å². The molecule has 0 bridgehead atoms. The maximum Gasteiger partial charge on any atom is 0.183 e. The number of para-hydroxylation sites is 1. The molecule has 96 valence electrons. The van der Waals surface area contributed by atoms with Gasteiger partial charge >= 0.3 is 0 Å². The van der Waals surface area contributed by atoms with Gasteiger partial charge in [-0.25, -0.2) is 8.78 Å². The molecule has 0 aromatic heterocycles. The molecule has 19 heavy (non-hydrogen) atoms. The van der Waals surface area contributed by atoms with Crippen LogP contribution in [0.25, 0.3) is 0 Å². The summed E-state index contributed by atoms with van der Waals surface area (Å²) in [7, 11) is 0. The molecule has 2 aromatic rings. The van der Waals surface area contributed by atoms with Gasteiger partial charge in [0.05, 0.1) is 11.3 Å². The molecule has 0 N–H and O–H groups in total. The second-order valence-electron chi connectivity index (χ2n) is 3.95. The van der Waals surface area contributed by atoms with Gasteiger partial charge in [-0.15, -0.1) is 0 Å². The largest absolute Gasteiger partial charge is 0.339 e. The molecule has 0 spiro atoms. The quantitative estimate of drug-likeness (QED) is 0.832. The van der Waals surface area contributed by atoms with Crippen LogP contribution in [0.4, 0.5) is 20.2 Å². The lowest BCUT2D eigenvalue weighted by Gasteiger charge is -2.24. The van der Waals surface area contributed by atoms with E-state index in [0.29, 0.717) is 6.54 Å². The normalized spacial score (nSPS) is 10.0. The fraction of sp³-hybridized carbons (Fsp3) is 0.133. The first-order valence-corrected chi connectivity index (χ1v) is 5.89. The van der Waals surface area contributed by atoms with E-state index in [9.17, 15) is 8.78 Å². The number of rotatable bonds is 3. The van der Waals surface area contributed by atoms with E-state index >= 15 is 0 Å². The number of anilines is 2. The predicted molar refractivity (Wildman–Crippen MR) is 70.2 cm³/mol. The van der Waals surface area contributed by atoms with Gasteiger partial charge in [0.15, 0.2) is 11.6 Å². The van der Waals surface area contributed by atoms with Crippen molar-refractivity contribution in [1.29, 1.82) is 5.26 Å². The fourth-order valence-corrected chi connectivity index (χ4v) is 1.93. The highest BCUT2D eigenvalue weighted by Crippen LogP contribution is 2.29. The SMILES string of the molecule is CCN(c1ccccc1)c1ccc(C#N)c(F)c1F. The van der Waals surface area contributed by atoms with Crippen molar-refractivity contribution in [3.8, 4) is 6.07 Å². The third-order valence-corrected chi connectivity index (χ3v) is 2.86. The Labute approximate surface area is 110 Å². The van der Waals surface area contributed by atoms with Gasteiger partial charge in [0.2, 0.25) is 0 Å². The monoisotopic (exact) mass is 258 g/mol. The highest BCUT2D eigenvalue weighted by atomic mass is 19.2. The van der Waals surface area contributed by atoms with Gasteiger partial charge in [-0.05, 0) is 31.2 Å². The Bertz CT molecular complexity index is 618. The van der Waals surface area contributed by atoms with Crippen LogP contribution in [0.1, 0.15) is 12.5 Å². The molecule has 4 heteroatoms. The molecule has 0 heterocycles. The minimum atomic E-state index is -1.10. The minimum absolute atomic E-state index is 0.130. The zero-order valence-electron chi connectivity index (χ0n) is 10.4. The van der Waals surface area contributed by atoms with Crippen LogP contribution in [-0.4, -0.2) is 6.54 Å². The lowest BCUT2D eigenvalue weighted by molar-refractivity contribution is 0.506. The maximum atomic E-state index is 14.0. The van der Waals surface area contributed by atoms with E-state index in [4.69, 9.17) is 5.26 Å². The van der Waals surface area contributed by atoms with Gasteiger partial charge in [0, 0.05) is 12.2 Å². The molecule has 0 amide bonds. The first-order chi connectivity index (χ1) is 9.19. The van der Waals surface area contributed by atoms with Crippen molar-refractivity contribution in [3.05, 3.63) is 59.7 Å². The Morgan fingerprint density at radius 3 is 2.32 bits per heavy atom. The molecular formula is C15H12F2N2. The molecule has 0 atom stereocenters. The first kappa shape index (κ1) is 13.0. The van der Waals surface area contributed by atoms with E-state index in [1.807, 2.05) is 37.3 Å². The number of benzene rings is 2. The van der Waals surface area contributed by atoms with Crippen molar-refractivity contribution in [2.75, 3.05) is 11.4 Å². The smallest absolute Gasteiger partial charge is 0.183 e. The number of hydrogen-bond acceptors (Lipinski definition) is 2. The van der Waals surface area contributed by atoms with Crippen molar-refractivity contribution in [2.24, 2.45) is 0 Å². The lowest BCUT2D eigenvalue weighted by Crippen LogP contribution is -2.18. The number of hydrogen-bond donors (Lipinski definition) is 0. The number of nitrogens with zero attached hydrogens (tertiary/aromatic N) is 2. The number of nitriles is 1. The zero-order chi connectivity index (χ0) is 13.8. The molecule has 2 nitrogen and oxygen atoms in total. The third kappa shape index (κ3) is 2.41. The first-order valence-electron chi connectivity index (χ1n) is 5.89. The Kier molecular flexibility index (Phi) is 3.76. The van der Waals surface area contributed by atoms with Gasteiger partial charge in [-0.1, -0.05) is 18.2 Å². The molecule has 0 radical (unpaired) electrons. The highest BCUT2D eigenvalue weighted by molar-refractivity contribution is 5.64. The molecule has 0 aliphatic heterocycles. The summed E-state index contributed by atoms with van der Waals surface area (Å²) in [4.78, 5) is 1.65. The lowest BCUT2D eigenvalue weighted by atomic mass is 10.1. The second-order valence-corrected chi connectivity index (χ2v) is 3.95. The Morgan fingerprint density at radius 2 is 1.74 bits per heavy atom. The molecule has 2 rings (SSSR count). The Hall–Kier alpha value is -2.41. The summed E-state index contributed by atoms with van der Waals surface area (Å²) in [6.07, 6.45) is 0. The van der Waals surface area contributed by atoms with Crippen LogP contribution in [0.2, 0.25) is 0 Å². The van der Waals surface area contributed by atoms with Gasteiger partial charge < -0.3 is 4.90 Å². The predicted octanol–water partition coefficient (Wildman–Crippen LogP) is 3.99. The summed E-state index contributed by atoms with van der Waals surface area (Å²) in [5.41, 5.74) is 0.614. The molecular weight excluding hydrogens is 246 g/mol. The molecule has 2 aromatic carbocycles. The van der Waals surface area contributed by atoms with Crippen LogP contribution in [0.15, 0.2) is 42.5 Å². The second kappa shape index (κ2) is 5.49. The molecule has 0 saturated heterocycles. The van der Waals surface area contributed by atoms with Crippen molar-refractivity contribution >= 4 is 11.4 Å². The summed E-state index contributed by atoms with van der Waals surface area (Å²) in [5, 5.41) is 8.68. The van der Waals surface area contributed by atoms with Gasteiger partial charge in [-0.3, -0.25) is 0 Å². The zero-order valence-corrected chi connectivity index (χ0v) is 10.4. The molecule has 0 aliphatic rings. The third-order valence-electron chi connectivity index (χ3n) is 2.86. The summed E-state index contributed by atoms with van der Waals surface area (Å²) in [6.45, 7) is 2.34. The van der Waals surface area contributed by atoms with Gasteiger partial charge in [0.25, 0.3) is 0 Å². The van der Waals surface area contributed by atoms with Crippen molar-refractivity contribution in [2.45, 2.75) is 6.92 Å². The van der Waals surface area contributed by atoms with Crippen LogP contribution in [0.3, 0.4) is 0 Å². The topological polar surface area (TPSA) is 27.0 Å². The Morgan fingerprint density at radius 1 is 1.05 bits per heavy atom. The highest BCUT2D eigenvalue weighted by Gasteiger charge is 2.18.